The van der Waals surface area contributed by atoms with E-state index in [1.165, 1.54) is 0 Å². The first-order valence-corrected chi connectivity index (χ1v) is 10.1. The molecule has 31 heavy (non-hydrogen) atoms. The molecule has 2 aromatic rings. The number of carbonyl (C=O) groups is 2. The highest BCUT2D eigenvalue weighted by Crippen LogP contribution is 2.19. The van der Waals surface area contributed by atoms with E-state index in [0.29, 0.717) is 0 Å². The fourth-order valence-electron chi connectivity index (χ4n) is 2.72. The van der Waals surface area contributed by atoms with E-state index in [-0.39, 0.29) is 6.54 Å². The summed E-state index contributed by atoms with van der Waals surface area (Å²) in [6.45, 7) is 10.4. The van der Waals surface area contributed by atoms with Gasteiger partial charge in [-0.3, -0.25) is 10.7 Å². The van der Waals surface area contributed by atoms with Crippen molar-refractivity contribution in [1.29, 1.82) is 5.41 Å². The normalized spacial score (nSPS) is 11.9. The smallest absolute Gasteiger partial charge is 0.417 e. The van der Waals surface area contributed by atoms with Crippen LogP contribution in [0.1, 0.15) is 47.1 Å². The second-order valence-corrected chi connectivity index (χ2v) is 9.04. The minimum atomic E-state index is -0.816. The summed E-state index contributed by atoms with van der Waals surface area (Å²) < 4.78 is 10.6. The largest absolute Gasteiger partial charge is 0.444 e. The maximum absolute atomic E-state index is 12.7. The number of hydrogen-bond acceptors (Lipinski definition) is 5. The third-order valence-electron chi connectivity index (χ3n) is 3.91. The number of amides is 2. The van der Waals surface area contributed by atoms with Gasteiger partial charge in [0.05, 0.1) is 6.54 Å². The molecular weight excluding hydrogens is 394 g/mol. The molecule has 0 saturated heterocycles. The summed E-state index contributed by atoms with van der Waals surface area (Å²) in [6, 6.07) is 13.9. The lowest BCUT2D eigenvalue weighted by Crippen LogP contribution is -2.49. The SMILES string of the molecule is CC(C)(C)OC(=O)NC(=N)N(C/C=C/c1cccc2ccccc12)C(=O)OC(C)(C)C. The summed E-state index contributed by atoms with van der Waals surface area (Å²) >= 11 is 0. The number of alkyl carbamates (subject to hydrolysis) is 1. The second kappa shape index (κ2) is 9.64. The first-order chi connectivity index (χ1) is 14.4. The fourth-order valence-corrected chi connectivity index (χ4v) is 2.72. The standard InChI is InChI=1S/C24H31N3O4/c1-23(2,3)30-21(28)26-20(25)27(22(29)31-24(4,5)6)16-10-14-18-13-9-12-17-11-7-8-15-19(17)18/h7-15H,16H2,1-6H3,(H2,25,26,28)/b14-10+. The summed E-state index contributed by atoms with van der Waals surface area (Å²) in [7, 11) is 0. The Hall–Kier alpha value is -3.35. The van der Waals surface area contributed by atoms with Gasteiger partial charge in [0.1, 0.15) is 11.2 Å². The Balaban J connectivity index is 2.20. The lowest BCUT2D eigenvalue weighted by molar-refractivity contribution is 0.0372. The molecule has 166 valence electrons. The van der Waals surface area contributed by atoms with Crippen LogP contribution in [-0.2, 0) is 9.47 Å². The van der Waals surface area contributed by atoms with Crippen LogP contribution in [-0.4, -0.2) is 40.8 Å². The number of fused-ring (bicyclic) bond motifs is 1. The Morgan fingerprint density at radius 2 is 1.58 bits per heavy atom. The maximum atomic E-state index is 12.7. The van der Waals surface area contributed by atoms with Gasteiger partial charge >= 0.3 is 12.2 Å². The maximum Gasteiger partial charge on any atom is 0.417 e. The zero-order valence-corrected chi connectivity index (χ0v) is 19.0. The van der Waals surface area contributed by atoms with Gasteiger partial charge in [-0.1, -0.05) is 54.6 Å². The van der Waals surface area contributed by atoms with Gasteiger partial charge in [0.2, 0.25) is 5.96 Å². The topological polar surface area (TPSA) is 91.7 Å². The molecule has 0 fully saturated rings. The molecule has 0 saturated carbocycles. The number of benzene rings is 2. The molecule has 0 aliphatic rings. The second-order valence-electron chi connectivity index (χ2n) is 9.04. The van der Waals surface area contributed by atoms with E-state index < -0.39 is 29.3 Å². The van der Waals surface area contributed by atoms with Crippen molar-refractivity contribution in [2.24, 2.45) is 0 Å². The first kappa shape index (κ1) is 23.9. The number of hydrogen-bond donors (Lipinski definition) is 2. The van der Waals surface area contributed by atoms with Gasteiger partial charge in [-0.15, -0.1) is 0 Å². The summed E-state index contributed by atoms with van der Waals surface area (Å²) in [5.74, 6) is -0.425. The predicted octanol–water partition coefficient (Wildman–Crippen LogP) is 5.55. The van der Waals surface area contributed by atoms with Crippen LogP contribution in [0.3, 0.4) is 0 Å². The van der Waals surface area contributed by atoms with Gasteiger partial charge in [0, 0.05) is 0 Å². The molecule has 2 N–H and O–H groups in total. The van der Waals surface area contributed by atoms with Gasteiger partial charge in [-0.05, 0) is 57.9 Å². The van der Waals surface area contributed by atoms with Crippen molar-refractivity contribution in [2.45, 2.75) is 52.7 Å². The Morgan fingerprint density at radius 1 is 0.968 bits per heavy atom. The van der Waals surface area contributed by atoms with Gasteiger partial charge < -0.3 is 9.47 Å². The van der Waals surface area contributed by atoms with Gasteiger partial charge in [-0.2, -0.15) is 0 Å². The van der Waals surface area contributed by atoms with E-state index in [2.05, 4.69) is 5.32 Å². The highest BCUT2D eigenvalue weighted by Gasteiger charge is 2.26. The van der Waals surface area contributed by atoms with E-state index in [4.69, 9.17) is 14.9 Å². The number of nitrogens with zero attached hydrogens (tertiary/aromatic N) is 1. The molecule has 0 heterocycles. The molecule has 0 radical (unpaired) electrons. The third-order valence-corrected chi connectivity index (χ3v) is 3.91. The molecule has 0 atom stereocenters. The Morgan fingerprint density at radius 3 is 2.23 bits per heavy atom. The van der Waals surface area contributed by atoms with E-state index in [0.717, 1.165) is 21.2 Å². The quantitative estimate of drug-likeness (QED) is 0.498. The first-order valence-electron chi connectivity index (χ1n) is 10.1. The van der Waals surface area contributed by atoms with Crippen LogP contribution in [0.5, 0.6) is 0 Å². The molecule has 0 aliphatic heterocycles. The Bertz CT molecular complexity index is 979. The van der Waals surface area contributed by atoms with Crippen LogP contribution in [0.15, 0.2) is 48.5 Å². The van der Waals surface area contributed by atoms with Gasteiger partial charge in [0.15, 0.2) is 0 Å². The minimum absolute atomic E-state index is 0.0345. The molecule has 0 spiro atoms. The van der Waals surface area contributed by atoms with Crippen molar-refractivity contribution in [3.8, 4) is 0 Å². The number of carbonyl (C=O) groups excluding carboxylic acids is 2. The highest BCUT2D eigenvalue weighted by molar-refractivity contribution is 6.00. The summed E-state index contributed by atoms with van der Waals surface area (Å²) in [5, 5.41) is 12.7. The molecule has 2 amide bonds. The molecule has 7 heteroatoms. The average molecular weight is 426 g/mol. The zero-order chi connectivity index (χ0) is 23.2. The van der Waals surface area contributed by atoms with Gasteiger partial charge in [-0.25, -0.2) is 14.5 Å². The summed E-state index contributed by atoms with van der Waals surface area (Å²) in [6.07, 6.45) is 2.07. The monoisotopic (exact) mass is 425 g/mol. The number of rotatable bonds is 3. The predicted molar refractivity (Wildman–Crippen MR) is 123 cm³/mol. The van der Waals surface area contributed by atoms with Crippen LogP contribution in [0.4, 0.5) is 9.59 Å². The third kappa shape index (κ3) is 7.77. The summed E-state index contributed by atoms with van der Waals surface area (Å²) in [4.78, 5) is 25.7. The number of ether oxygens (including phenoxy) is 2. The Labute approximate surface area is 183 Å². The van der Waals surface area contributed by atoms with Gasteiger partial charge in [0.25, 0.3) is 0 Å². The van der Waals surface area contributed by atoms with Crippen LogP contribution in [0.2, 0.25) is 0 Å². The van der Waals surface area contributed by atoms with E-state index in [1.807, 2.05) is 48.5 Å². The van der Waals surface area contributed by atoms with Crippen molar-refractivity contribution < 1.29 is 19.1 Å². The zero-order valence-electron chi connectivity index (χ0n) is 19.0. The molecule has 7 nitrogen and oxygen atoms in total. The van der Waals surface area contributed by atoms with Crippen LogP contribution >= 0.6 is 0 Å². The number of nitrogens with one attached hydrogen (secondary N) is 2. The lowest BCUT2D eigenvalue weighted by Gasteiger charge is -2.27. The van der Waals surface area contributed by atoms with E-state index >= 15 is 0 Å². The van der Waals surface area contributed by atoms with Crippen LogP contribution in [0.25, 0.3) is 16.8 Å². The molecule has 2 rings (SSSR count). The molecule has 0 aromatic heterocycles. The van der Waals surface area contributed by atoms with Crippen molar-refractivity contribution in [3.05, 3.63) is 54.1 Å². The van der Waals surface area contributed by atoms with E-state index in [1.54, 1.807) is 47.6 Å². The minimum Gasteiger partial charge on any atom is -0.444 e. The van der Waals surface area contributed by atoms with Crippen LogP contribution in [0, 0.1) is 5.41 Å². The number of guanidine groups is 1. The molecule has 2 aromatic carbocycles. The Kier molecular flexibility index (Phi) is 7.44. The molecule has 0 unspecified atom stereocenters. The molecular formula is C24H31N3O4. The summed E-state index contributed by atoms with van der Waals surface area (Å²) in [5.41, 5.74) is -0.495. The lowest BCUT2D eigenvalue weighted by atomic mass is 10.0. The van der Waals surface area contributed by atoms with Crippen molar-refractivity contribution in [3.63, 3.8) is 0 Å². The molecule has 0 bridgehead atoms. The van der Waals surface area contributed by atoms with Crippen molar-refractivity contribution in [2.75, 3.05) is 6.54 Å². The van der Waals surface area contributed by atoms with Crippen molar-refractivity contribution >= 4 is 35.0 Å². The van der Waals surface area contributed by atoms with E-state index in [9.17, 15) is 9.59 Å². The highest BCUT2D eigenvalue weighted by atomic mass is 16.6. The molecule has 0 aliphatic carbocycles. The fraction of sp³-hybridized carbons (Fsp3) is 0.375. The van der Waals surface area contributed by atoms with Crippen LogP contribution < -0.4 is 5.32 Å². The van der Waals surface area contributed by atoms with Crippen molar-refractivity contribution in [1.82, 2.24) is 10.2 Å². The average Bonchev–Trinajstić information content (AvgIpc) is 2.62.